The zero-order valence-corrected chi connectivity index (χ0v) is 8.71. The van der Waals surface area contributed by atoms with Gasteiger partial charge >= 0.3 is 11.9 Å². The highest BCUT2D eigenvalue weighted by atomic mass is 16.6. The molecule has 82 valence electrons. The Labute approximate surface area is 96.9 Å². The second-order valence-electron chi connectivity index (χ2n) is 3.66. The number of ether oxygens (including phenoxy) is 1. The minimum absolute atomic E-state index is 0.0923. The van der Waals surface area contributed by atoms with E-state index in [1.165, 1.54) is 0 Å². The molecule has 0 atom stereocenters. The van der Waals surface area contributed by atoms with E-state index in [4.69, 9.17) is 0 Å². The molecule has 0 fully saturated rings. The maximum Gasteiger partial charge on any atom is 0.365 e. The van der Waals surface area contributed by atoms with E-state index in [1.807, 2.05) is 30.3 Å². The predicted molar refractivity (Wildman–Crippen MR) is 59.4 cm³/mol. The Hall–Kier alpha value is -2.49. The summed E-state index contributed by atoms with van der Waals surface area (Å²) in [6.45, 7) is 0. The van der Waals surface area contributed by atoms with Gasteiger partial charge in [-0.2, -0.15) is 0 Å². The molecule has 2 aromatic rings. The van der Waals surface area contributed by atoms with Crippen LogP contribution in [0.2, 0.25) is 0 Å². The molecule has 4 heteroatoms. The molecule has 2 heterocycles. The SMILES string of the molecule is O=C1OC(=O)c2ncc(-c3ccccc3)cc21. The van der Waals surface area contributed by atoms with Gasteiger partial charge in [0.15, 0.2) is 5.69 Å². The van der Waals surface area contributed by atoms with E-state index in [2.05, 4.69) is 9.72 Å². The van der Waals surface area contributed by atoms with Crippen LogP contribution in [0.3, 0.4) is 0 Å². The number of aromatic nitrogens is 1. The zero-order chi connectivity index (χ0) is 11.8. The quantitative estimate of drug-likeness (QED) is 0.550. The molecule has 0 aliphatic carbocycles. The standard InChI is InChI=1S/C13H7NO3/c15-12-10-6-9(8-4-2-1-3-5-8)7-14-11(10)13(16)17-12/h1-7H. The lowest BCUT2D eigenvalue weighted by Gasteiger charge is -2.01. The van der Waals surface area contributed by atoms with Gasteiger partial charge in [0, 0.05) is 11.8 Å². The molecule has 4 nitrogen and oxygen atoms in total. The van der Waals surface area contributed by atoms with Gasteiger partial charge in [0.05, 0.1) is 5.56 Å². The van der Waals surface area contributed by atoms with E-state index in [9.17, 15) is 9.59 Å². The Morgan fingerprint density at radius 1 is 0.941 bits per heavy atom. The van der Waals surface area contributed by atoms with Crippen molar-refractivity contribution in [1.82, 2.24) is 4.98 Å². The second-order valence-corrected chi connectivity index (χ2v) is 3.66. The van der Waals surface area contributed by atoms with Gasteiger partial charge in [-0.05, 0) is 11.6 Å². The van der Waals surface area contributed by atoms with E-state index in [0.717, 1.165) is 11.1 Å². The first-order valence-corrected chi connectivity index (χ1v) is 5.08. The van der Waals surface area contributed by atoms with Crippen molar-refractivity contribution in [3.05, 3.63) is 53.9 Å². The van der Waals surface area contributed by atoms with Crippen molar-refractivity contribution in [1.29, 1.82) is 0 Å². The Balaban J connectivity index is 2.15. The van der Waals surface area contributed by atoms with E-state index in [1.54, 1.807) is 12.3 Å². The number of rotatable bonds is 1. The van der Waals surface area contributed by atoms with Crippen LogP contribution in [0.25, 0.3) is 11.1 Å². The molecule has 1 aliphatic heterocycles. The number of pyridine rings is 1. The van der Waals surface area contributed by atoms with Gasteiger partial charge in [0.25, 0.3) is 0 Å². The van der Waals surface area contributed by atoms with Crippen LogP contribution in [0.1, 0.15) is 20.8 Å². The smallest absolute Gasteiger partial charge is 0.365 e. The third kappa shape index (κ3) is 1.50. The molecule has 17 heavy (non-hydrogen) atoms. The van der Waals surface area contributed by atoms with Crippen LogP contribution >= 0.6 is 0 Å². The largest absolute Gasteiger partial charge is 0.384 e. The van der Waals surface area contributed by atoms with Gasteiger partial charge in [-0.15, -0.1) is 0 Å². The van der Waals surface area contributed by atoms with E-state index in [0.29, 0.717) is 0 Å². The lowest BCUT2D eigenvalue weighted by Crippen LogP contribution is -1.97. The number of carbonyl (C=O) groups excluding carboxylic acids is 2. The predicted octanol–water partition coefficient (Wildman–Crippen LogP) is 2.06. The van der Waals surface area contributed by atoms with Crippen molar-refractivity contribution in [2.24, 2.45) is 0 Å². The summed E-state index contributed by atoms with van der Waals surface area (Å²) < 4.78 is 4.48. The number of carbonyl (C=O) groups is 2. The van der Waals surface area contributed by atoms with Crippen LogP contribution in [-0.4, -0.2) is 16.9 Å². The average molecular weight is 225 g/mol. The molecule has 0 unspecified atom stereocenters. The first-order chi connectivity index (χ1) is 8.25. The number of benzene rings is 1. The lowest BCUT2D eigenvalue weighted by molar-refractivity contribution is 0.0441. The first-order valence-electron chi connectivity index (χ1n) is 5.08. The molecular formula is C13H7NO3. The van der Waals surface area contributed by atoms with Gasteiger partial charge in [0.2, 0.25) is 0 Å². The fourth-order valence-corrected chi connectivity index (χ4v) is 1.76. The average Bonchev–Trinajstić information content (AvgIpc) is 2.66. The highest BCUT2D eigenvalue weighted by Gasteiger charge is 2.31. The van der Waals surface area contributed by atoms with E-state index >= 15 is 0 Å². The third-order valence-corrected chi connectivity index (χ3v) is 2.59. The monoisotopic (exact) mass is 225 g/mol. The normalized spacial score (nSPS) is 13.4. The van der Waals surface area contributed by atoms with E-state index in [-0.39, 0.29) is 11.3 Å². The second kappa shape index (κ2) is 3.52. The summed E-state index contributed by atoms with van der Waals surface area (Å²) in [5.74, 6) is -1.31. The van der Waals surface area contributed by atoms with Crippen LogP contribution in [0.5, 0.6) is 0 Å². The maximum absolute atomic E-state index is 11.4. The van der Waals surface area contributed by atoms with Gasteiger partial charge in [-0.25, -0.2) is 14.6 Å². The van der Waals surface area contributed by atoms with Crippen molar-refractivity contribution in [3.63, 3.8) is 0 Å². The Bertz CT molecular complexity index is 620. The molecule has 0 N–H and O–H groups in total. The van der Waals surface area contributed by atoms with Gasteiger partial charge < -0.3 is 4.74 Å². The van der Waals surface area contributed by atoms with Gasteiger partial charge in [-0.1, -0.05) is 30.3 Å². The summed E-state index contributed by atoms with van der Waals surface area (Å²) in [5.41, 5.74) is 2.05. The molecule has 0 bridgehead atoms. The molecule has 1 aromatic carbocycles. The van der Waals surface area contributed by atoms with E-state index < -0.39 is 11.9 Å². The summed E-state index contributed by atoms with van der Waals surface area (Å²) in [5, 5.41) is 0. The number of cyclic esters (lactones) is 2. The van der Waals surface area contributed by atoms with Crippen LogP contribution in [0, 0.1) is 0 Å². The van der Waals surface area contributed by atoms with Gasteiger partial charge in [-0.3, -0.25) is 0 Å². The summed E-state index contributed by atoms with van der Waals surface area (Å²) in [6, 6.07) is 11.1. The number of fused-ring (bicyclic) bond motifs is 1. The summed E-state index contributed by atoms with van der Waals surface area (Å²) in [4.78, 5) is 26.6. The summed E-state index contributed by atoms with van der Waals surface area (Å²) >= 11 is 0. The highest BCUT2D eigenvalue weighted by Crippen LogP contribution is 2.24. The fourth-order valence-electron chi connectivity index (χ4n) is 1.76. The molecule has 0 saturated heterocycles. The Morgan fingerprint density at radius 2 is 1.71 bits per heavy atom. The molecule has 3 rings (SSSR count). The lowest BCUT2D eigenvalue weighted by atomic mass is 10.1. The number of hydrogen-bond acceptors (Lipinski definition) is 4. The maximum atomic E-state index is 11.4. The third-order valence-electron chi connectivity index (χ3n) is 2.59. The van der Waals surface area contributed by atoms with Crippen molar-refractivity contribution in [2.45, 2.75) is 0 Å². The zero-order valence-electron chi connectivity index (χ0n) is 8.71. The van der Waals surface area contributed by atoms with Crippen LogP contribution < -0.4 is 0 Å². The van der Waals surface area contributed by atoms with Crippen LogP contribution in [0.4, 0.5) is 0 Å². The molecule has 0 radical (unpaired) electrons. The molecule has 1 aliphatic rings. The minimum atomic E-state index is -0.676. The first kappa shape index (κ1) is 9.72. The fraction of sp³-hybridized carbons (Fsp3) is 0. The number of esters is 2. The molecule has 0 spiro atoms. The van der Waals surface area contributed by atoms with Crippen molar-refractivity contribution in [3.8, 4) is 11.1 Å². The van der Waals surface area contributed by atoms with Crippen molar-refractivity contribution >= 4 is 11.9 Å². The Morgan fingerprint density at radius 3 is 2.47 bits per heavy atom. The summed E-state index contributed by atoms with van der Waals surface area (Å²) in [6.07, 6.45) is 1.56. The number of hydrogen-bond donors (Lipinski definition) is 0. The molecule has 1 aromatic heterocycles. The number of nitrogens with zero attached hydrogens (tertiary/aromatic N) is 1. The van der Waals surface area contributed by atoms with Crippen molar-refractivity contribution in [2.75, 3.05) is 0 Å². The summed E-state index contributed by atoms with van der Waals surface area (Å²) in [7, 11) is 0. The highest BCUT2D eigenvalue weighted by molar-refractivity contribution is 6.13. The molecule has 0 saturated carbocycles. The Kier molecular flexibility index (Phi) is 2.01. The minimum Gasteiger partial charge on any atom is -0.384 e. The van der Waals surface area contributed by atoms with Crippen LogP contribution in [-0.2, 0) is 4.74 Å². The molecule has 0 amide bonds. The topological polar surface area (TPSA) is 56.3 Å². The van der Waals surface area contributed by atoms with Gasteiger partial charge in [0.1, 0.15) is 0 Å². The van der Waals surface area contributed by atoms with Crippen molar-refractivity contribution < 1.29 is 14.3 Å². The van der Waals surface area contributed by atoms with Crippen LogP contribution in [0.15, 0.2) is 42.6 Å². The molecular weight excluding hydrogens is 218 g/mol.